The zero-order valence-corrected chi connectivity index (χ0v) is 16.8. The summed E-state index contributed by atoms with van der Waals surface area (Å²) in [5, 5.41) is 13.9. The van der Waals surface area contributed by atoms with Crippen LogP contribution in [0.5, 0.6) is 5.88 Å². The summed E-state index contributed by atoms with van der Waals surface area (Å²) in [6.07, 6.45) is 3.29. The van der Waals surface area contributed by atoms with Crippen LogP contribution in [-0.4, -0.2) is 49.8 Å². The Hall–Kier alpha value is -3.46. The molecule has 0 saturated heterocycles. The second-order valence-electron chi connectivity index (χ2n) is 7.01. The van der Waals surface area contributed by atoms with E-state index in [1.54, 1.807) is 4.68 Å². The molecule has 2 aromatic heterocycles. The number of aliphatic carboxylic acids is 1. The number of carboxylic acid groups (broad SMARTS) is 1. The molecule has 1 N–H and O–H groups in total. The number of amidine groups is 1. The van der Waals surface area contributed by atoms with Crippen molar-refractivity contribution in [2.24, 2.45) is 4.99 Å². The third-order valence-electron chi connectivity index (χ3n) is 5.09. The minimum Gasteiger partial charge on any atom is -0.481 e. The molecule has 4 heterocycles. The van der Waals surface area contributed by atoms with Gasteiger partial charge < -0.3 is 14.7 Å². The van der Waals surface area contributed by atoms with E-state index in [4.69, 9.17) is 21.4 Å². The number of rotatable bonds is 5. The Balaban J connectivity index is 1.44. The van der Waals surface area contributed by atoms with Gasteiger partial charge in [0.1, 0.15) is 18.5 Å². The Morgan fingerprint density at radius 3 is 2.97 bits per heavy atom. The highest BCUT2D eigenvalue weighted by Gasteiger charge is 2.34. The van der Waals surface area contributed by atoms with E-state index in [1.807, 2.05) is 36.2 Å². The Morgan fingerprint density at radius 2 is 2.17 bits per heavy atom. The van der Waals surface area contributed by atoms with Crippen molar-refractivity contribution in [1.29, 1.82) is 0 Å². The van der Waals surface area contributed by atoms with E-state index < -0.39 is 5.97 Å². The molecular weight excluding hydrogens is 408 g/mol. The first-order chi connectivity index (χ1) is 14.5. The molecule has 2 aliphatic heterocycles. The highest BCUT2D eigenvalue weighted by atomic mass is 35.5. The van der Waals surface area contributed by atoms with Crippen LogP contribution < -0.4 is 9.64 Å². The lowest BCUT2D eigenvalue weighted by atomic mass is 10.1. The molecule has 0 radical (unpaired) electrons. The van der Waals surface area contributed by atoms with Crippen LogP contribution in [0.3, 0.4) is 0 Å². The number of carbonyl (C=O) groups is 1. The van der Waals surface area contributed by atoms with Crippen LogP contribution in [0.15, 0.2) is 35.7 Å². The standard InChI is InChI=1S/C20H17ClN6O3/c1-11-14(9-26(25-11)5-4-16(28)29)13-3-2-12(8-15(13)21)27-6-7-30-20-17-18(22-10-23-20)24-19(17)27/h2-3,8-10H,4-7H2,1H3,(H,28,29). The summed E-state index contributed by atoms with van der Waals surface area (Å²) < 4.78 is 7.37. The number of anilines is 1. The molecule has 1 aromatic carbocycles. The van der Waals surface area contributed by atoms with Gasteiger partial charge in [0.15, 0.2) is 11.7 Å². The van der Waals surface area contributed by atoms with Gasteiger partial charge in [-0.2, -0.15) is 5.10 Å². The summed E-state index contributed by atoms with van der Waals surface area (Å²) >= 11 is 6.64. The lowest BCUT2D eigenvalue weighted by Gasteiger charge is -2.28. The number of carboxylic acids is 1. The third kappa shape index (κ3) is 3.07. The van der Waals surface area contributed by atoms with Gasteiger partial charge in [-0.3, -0.25) is 9.48 Å². The van der Waals surface area contributed by atoms with Crippen LogP contribution in [0.25, 0.3) is 11.1 Å². The average molecular weight is 425 g/mol. The fourth-order valence-corrected chi connectivity index (χ4v) is 3.91. The largest absolute Gasteiger partial charge is 0.481 e. The van der Waals surface area contributed by atoms with Gasteiger partial charge in [-0.15, -0.1) is 0 Å². The molecule has 0 atom stereocenters. The monoisotopic (exact) mass is 424 g/mol. The lowest BCUT2D eigenvalue weighted by molar-refractivity contribution is -0.137. The lowest BCUT2D eigenvalue weighted by Crippen LogP contribution is -2.35. The van der Waals surface area contributed by atoms with E-state index >= 15 is 0 Å². The summed E-state index contributed by atoms with van der Waals surface area (Å²) in [7, 11) is 0. The van der Waals surface area contributed by atoms with Crippen molar-refractivity contribution in [3.63, 3.8) is 0 Å². The van der Waals surface area contributed by atoms with E-state index in [0.29, 0.717) is 36.4 Å². The highest BCUT2D eigenvalue weighted by Crippen LogP contribution is 2.39. The van der Waals surface area contributed by atoms with E-state index in [-0.39, 0.29) is 6.42 Å². The van der Waals surface area contributed by atoms with Crippen molar-refractivity contribution >= 4 is 34.9 Å². The molecule has 5 rings (SSSR count). The Bertz CT molecular complexity index is 1210. The van der Waals surface area contributed by atoms with Crippen LogP contribution in [0, 0.1) is 6.92 Å². The van der Waals surface area contributed by atoms with E-state index in [9.17, 15) is 4.79 Å². The molecule has 0 saturated carbocycles. The van der Waals surface area contributed by atoms with Gasteiger partial charge in [0.2, 0.25) is 5.88 Å². The number of aryl methyl sites for hydroxylation is 2. The maximum absolute atomic E-state index is 10.8. The van der Waals surface area contributed by atoms with Gasteiger partial charge >= 0.3 is 5.97 Å². The summed E-state index contributed by atoms with van der Waals surface area (Å²) in [5.74, 6) is 1.11. The number of nitrogens with zero attached hydrogens (tertiary/aromatic N) is 6. The fraction of sp³-hybridized carbons (Fsp3) is 0.250. The number of aromatic nitrogens is 4. The second kappa shape index (κ2) is 7.10. The Labute approximate surface area is 176 Å². The number of hydrogen-bond acceptors (Lipinski definition) is 7. The second-order valence-corrected chi connectivity index (χ2v) is 7.42. The molecule has 0 aliphatic carbocycles. The van der Waals surface area contributed by atoms with E-state index in [1.165, 1.54) is 6.33 Å². The molecule has 0 bridgehead atoms. The first-order valence-corrected chi connectivity index (χ1v) is 9.79. The normalized spacial score (nSPS) is 14.3. The fourth-order valence-electron chi connectivity index (χ4n) is 3.64. The van der Waals surface area contributed by atoms with Crippen molar-refractivity contribution in [3.8, 4) is 17.0 Å². The number of benzene rings is 1. The van der Waals surface area contributed by atoms with Crippen LogP contribution in [0.2, 0.25) is 5.02 Å². The predicted octanol–water partition coefficient (Wildman–Crippen LogP) is 3.07. The maximum atomic E-state index is 10.8. The summed E-state index contributed by atoms with van der Waals surface area (Å²) in [5.41, 5.74) is 4.22. The molecule has 3 aromatic rings. The molecule has 2 aliphatic rings. The maximum Gasteiger partial charge on any atom is 0.305 e. The minimum atomic E-state index is -0.859. The number of hydrogen-bond donors (Lipinski definition) is 1. The highest BCUT2D eigenvalue weighted by molar-refractivity contribution is 6.34. The molecule has 9 nitrogen and oxygen atoms in total. The SMILES string of the molecule is Cc1nn(CCC(=O)O)cc1-c1ccc(N2CCOc3ncnc4c3C2=N4)cc1Cl. The van der Waals surface area contributed by atoms with Gasteiger partial charge in [-0.1, -0.05) is 17.7 Å². The van der Waals surface area contributed by atoms with Crippen LogP contribution in [-0.2, 0) is 11.3 Å². The molecule has 0 amide bonds. The Kier molecular flexibility index (Phi) is 4.39. The molecule has 10 heteroatoms. The Morgan fingerprint density at radius 1 is 1.30 bits per heavy atom. The first-order valence-electron chi connectivity index (χ1n) is 9.41. The van der Waals surface area contributed by atoms with Gasteiger partial charge in [0.25, 0.3) is 0 Å². The minimum absolute atomic E-state index is 0.0134. The van der Waals surface area contributed by atoms with Crippen molar-refractivity contribution in [1.82, 2.24) is 19.7 Å². The molecule has 0 spiro atoms. The quantitative estimate of drug-likeness (QED) is 0.670. The van der Waals surface area contributed by atoms with Crippen LogP contribution >= 0.6 is 11.6 Å². The van der Waals surface area contributed by atoms with Crippen LogP contribution in [0.4, 0.5) is 11.5 Å². The van der Waals surface area contributed by atoms with Crippen LogP contribution in [0.1, 0.15) is 17.7 Å². The van der Waals surface area contributed by atoms with Gasteiger partial charge in [0, 0.05) is 23.0 Å². The van der Waals surface area contributed by atoms with Crippen molar-refractivity contribution in [2.75, 3.05) is 18.1 Å². The third-order valence-corrected chi connectivity index (χ3v) is 5.41. The first kappa shape index (κ1) is 18.6. The van der Waals surface area contributed by atoms with E-state index in [2.05, 4.69) is 20.1 Å². The number of ether oxygens (including phenoxy) is 1. The predicted molar refractivity (Wildman–Crippen MR) is 111 cm³/mol. The molecule has 152 valence electrons. The van der Waals surface area contributed by atoms with Gasteiger partial charge in [0.05, 0.1) is 30.2 Å². The number of aliphatic imine (C=N–C) groups is 1. The smallest absolute Gasteiger partial charge is 0.305 e. The van der Waals surface area contributed by atoms with Gasteiger partial charge in [-0.25, -0.2) is 15.0 Å². The van der Waals surface area contributed by atoms with Crippen molar-refractivity contribution < 1.29 is 14.6 Å². The van der Waals surface area contributed by atoms with Crippen molar-refractivity contribution in [3.05, 3.63) is 47.0 Å². The van der Waals surface area contributed by atoms with E-state index in [0.717, 1.165) is 33.9 Å². The molecule has 0 fully saturated rings. The molecule has 0 unspecified atom stereocenters. The molecular formula is C20H17ClN6O3. The topological polar surface area (TPSA) is 106 Å². The number of halogens is 1. The summed E-state index contributed by atoms with van der Waals surface area (Å²) in [4.78, 5) is 25.7. The summed E-state index contributed by atoms with van der Waals surface area (Å²) in [6.45, 7) is 3.27. The zero-order valence-electron chi connectivity index (χ0n) is 16.0. The molecule has 30 heavy (non-hydrogen) atoms. The average Bonchev–Trinajstić information content (AvgIpc) is 2.96. The van der Waals surface area contributed by atoms with Crippen molar-refractivity contribution in [2.45, 2.75) is 19.9 Å². The van der Waals surface area contributed by atoms with Gasteiger partial charge in [-0.05, 0) is 19.1 Å². The summed E-state index contributed by atoms with van der Waals surface area (Å²) in [6, 6.07) is 5.81. The zero-order chi connectivity index (χ0) is 20.8.